The van der Waals surface area contributed by atoms with Crippen LogP contribution in [0.1, 0.15) is 30.9 Å². The van der Waals surface area contributed by atoms with Crippen LogP contribution in [-0.4, -0.2) is 23.6 Å². The fourth-order valence-electron chi connectivity index (χ4n) is 2.78. The molecule has 1 aromatic carbocycles. The average Bonchev–Trinajstić information content (AvgIpc) is 2.83. The Morgan fingerprint density at radius 1 is 1.35 bits per heavy atom. The molecule has 0 bridgehead atoms. The summed E-state index contributed by atoms with van der Waals surface area (Å²) in [4.78, 5) is 17.6. The van der Waals surface area contributed by atoms with E-state index in [-0.39, 0.29) is 17.9 Å². The van der Waals surface area contributed by atoms with Crippen LogP contribution in [0.25, 0.3) is 0 Å². The van der Waals surface area contributed by atoms with Gasteiger partial charge in [-0.05, 0) is 18.9 Å². The number of amides is 1. The van der Waals surface area contributed by atoms with Crippen molar-refractivity contribution in [3.8, 4) is 0 Å². The van der Waals surface area contributed by atoms with E-state index < -0.39 is 17.7 Å². The first kappa shape index (κ1) is 13.5. The quantitative estimate of drug-likeness (QED) is 0.901. The summed E-state index contributed by atoms with van der Waals surface area (Å²) in [6.45, 7) is 0.353. The topological polar surface area (TPSA) is 55.6 Å². The highest BCUT2D eigenvalue weighted by molar-refractivity contribution is 5.79. The van der Waals surface area contributed by atoms with Crippen molar-refractivity contribution in [2.24, 2.45) is 11.7 Å². The van der Waals surface area contributed by atoms with Crippen LogP contribution in [0.4, 0.5) is 8.78 Å². The third-order valence-electron chi connectivity index (χ3n) is 3.97. The molecule has 1 heterocycles. The molecule has 0 unspecified atom stereocenters. The number of hydrogen-bond acceptors (Lipinski definition) is 3. The molecule has 1 aromatic rings. The molecule has 1 saturated heterocycles. The predicted molar refractivity (Wildman–Crippen MR) is 67.2 cm³/mol. The standard InChI is InChI=1S/C14H16F2N2O2/c15-9-1-2-11(12(16)7-9)13-3-4-20-18(13)14(19)8-5-10(17)6-8/h1-2,7-8,10,13H,3-6,17H2/t8?,10?,13-/m0/s1. The van der Waals surface area contributed by atoms with E-state index in [1.807, 2.05) is 0 Å². The molecular weight excluding hydrogens is 266 g/mol. The van der Waals surface area contributed by atoms with Gasteiger partial charge in [0.05, 0.1) is 12.6 Å². The molecule has 0 radical (unpaired) electrons. The van der Waals surface area contributed by atoms with Crippen molar-refractivity contribution in [1.29, 1.82) is 0 Å². The van der Waals surface area contributed by atoms with Crippen LogP contribution in [0.3, 0.4) is 0 Å². The lowest BCUT2D eigenvalue weighted by Gasteiger charge is -2.35. The highest BCUT2D eigenvalue weighted by Crippen LogP contribution is 2.36. The lowest BCUT2D eigenvalue weighted by atomic mass is 9.80. The van der Waals surface area contributed by atoms with Crippen LogP contribution < -0.4 is 5.73 Å². The highest BCUT2D eigenvalue weighted by Gasteiger charge is 2.41. The van der Waals surface area contributed by atoms with Crippen LogP contribution in [0.15, 0.2) is 18.2 Å². The van der Waals surface area contributed by atoms with Gasteiger partial charge in [0.1, 0.15) is 11.6 Å². The molecular formula is C14H16F2N2O2. The summed E-state index contributed by atoms with van der Waals surface area (Å²) < 4.78 is 26.8. The van der Waals surface area contributed by atoms with E-state index in [4.69, 9.17) is 10.6 Å². The summed E-state index contributed by atoms with van der Waals surface area (Å²) in [6.07, 6.45) is 1.78. The van der Waals surface area contributed by atoms with E-state index >= 15 is 0 Å². The average molecular weight is 282 g/mol. The molecule has 3 rings (SSSR count). The van der Waals surface area contributed by atoms with Gasteiger partial charge in [-0.25, -0.2) is 13.8 Å². The number of carbonyl (C=O) groups excluding carboxylic acids is 1. The highest BCUT2D eigenvalue weighted by atomic mass is 19.1. The first-order chi connectivity index (χ1) is 9.56. The molecule has 1 aliphatic heterocycles. The van der Waals surface area contributed by atoms with Gasteiger partial charge in [0.15, 0.2) is 0 Å². The molecule has 1 saturated carbocycles. The first-order valence-electron chi connectivity index (χ1n) is 6.73. The molecule has 0 spiro atoms. The van der Waals surface area contributed by atoms with E-state index in [9.17, 15) is 13.6 Å². The van der Waals surface area contributed by atoms with Crippen molar-refractivity contribution in [2.75, 3.05) is 6.61 Å². The smallest absolute Gasteiger partial charge is 0.249 e. The Hall–Kier alpha value is -1.53. The summed E-state index contributed by atoms with van der Waals surface area (Å²) in [5, 5.41) is 1.24. The molecule has 4 nitrogen and oxygen atoms in total. The van der Waals surface area contributed by atoms with Gasteiger partial charge in [-0.15, -0.1) is 0 Å². The van der Waals surface area contributed by atoms with Gasteiger partial charge in [-0.3, -0.25) is 9.63 Å². The number of rotatable bonds is 2. The van der Waals surface area contributed by atoms with Gasteiger partial charge in [-0.2, -0.15) is 0 Å². The maximum Gasteiger partial charge on any atom is 0.249 e. The van der Waals surface area contributed by atoms with Crippen LogP contribution in [0.2, 0.25) is 0 Å². The van der Waals surface area contributed by atoms with Crippen LogP contribution >= 0.6 is 0 Å². The maximum atomic E-state index is 13.8. The Bertz CT molecular complexity index is 532. The first-order valence-corrected chi connectivity index (χ1v) is 6.73. The summed E-state index contributed by atoms with van der Waals surface area (Å²) in [6, 6.07) is 2.97. The van der Waals surface area contributed by atoms with Crippen molar-refractivity contribution in [3.05, 3.63) is 35.4 Å². The Kier molecular flexibility index (Phi) is 3.43. The number of benzene rings is 1. The number of hydrogen-bond donors (Lipinski definition) is 1. The van der Waals surface area contributed by atoms with Crippen molar-refractivity contribution in [2.45, 2.75) is 31.3 Å². The second-order valence-corrected chi connectivity index (χ2v) is 5.40. The minimum atomic E-state index is -0.649. The summed E-state index contributed by atoms with van der Waals surface area (Å²) >= 11 is 0. The zero-order valence-corrected chi connectivity index (χ0v) is 10.9. The molecule has 6 heteroatoms. The zero-order chi connectivity index (χ0) is 14.3. The lowest BCUT2D eigenvalue weighted by Crippen LogP contribution is -2.46. The SMILES string of the molecule is NC1CC(C(=O)N2OCC[C@H]2c2ccc(F)cc2F)C1. The third-order valence-corrected chi connectivity index (χ3v) is 3.97. The zero-order valence-electron chi connectivity index (χ0n) is 10.9. The second kappa shape index (κ2) is 5.10. The predicted octanol–water partition coefficient (Wildman–Crippen LogP) is 1.91. The minimum absolute atomic E-state index is 0.0626. The van der Waals surface area contributed by atoms with Crippen molar-refractivity contribution in [3.63, 3.8) is 0 Å². The molecule has 1 atom stereocenters. The molecule has 2 aliphatic rings. The minimum Gasteiger partial charge on any atom is -0.328 e. The fourth-order valence-corrected chi connectivity index (χ4v) is 2.78. The maximum absolute atomic E-state index is 13.8. The van der Waals surface area contributed by atoms with Gasteiger partial charge in [-0.1, -0.05) is 6.07 Å². The van der Waals surface area contributed by atoms with Gasteiger partial charge in [0, 0.05) is 30.0 Å². The van der Waals surface area contributed by atoms with Crippen molar-refractivity contribution in [1.82, 2.24) is 5.06 Å². The van der Waals surface area contributed by atoms with Crippen LogP contribution in [-0.2, 0) is 9.63 Å². The molecule has 2 fully saturated rings. The Morgan fingerprint density at radius 3 is 2.75 bits per heavy atom. The number of nitrogens with zero attached hydrogens (tertiary/aromatic N) is 1. The largest absolute Gasteiger partial charge is 0.328 e. The lowest BCUT2D eigenvalue weighted by molar-refractivity contribution is -0.185. The van der Waals surface area contributed by atoms with E-state index in [0.717, 1.165) is 6.07 Å². The summed E-state index contributed by atoms with van der Waals surface area (Å²) in [5.41, 5.74) is 5.97. The Labute approximate surface area is 115 Å². The Balaban J connectivity index is 1.80. The Morgan fingerprint density at radius 2 is 2.10 bits per heavy atom. The summed E-state index contributed by atoms with van der Waals surface area (Å²) in [7, 11) is 0. The molecule has 20 heavy (non-hydrogen) atoms. The number of nitrogens with two attached hydrogens (primary N) is 1. The van der Waals surface area contributed by atoms with Gasteiger partial charge < -0.3 is 5.73 Å². The summed E-state index contributed by atoms with van der Waals surface area (Å²) in [5.74, 6) is -1.58. The van der Waals surface area contributed by atoms with E-state index in [1.165, 1.54) is 17.2 Å². The van der Waals surface area contributed by atoms with Gasteiger partial charge in [0.25, 0.3) is 0 Å². The monoisotopic (exact) mass is 282 g/mol. The number of hydroxylamine groups is 2. The van der Waals surface area contributed by atoms with E-state index in [1.54, 1.807) is 0 Å². The van der Waals surface area contributed by atoms with Gasteiger partial charge >= 0.3 is 0 Å². The molecule has 108 valence electrons. The van der Waals surface area contributed by atoms with E-state index in [2.05, 4.69) is 0 Å². The van der Waals surface area contributed by atoms with Gasteiger partial charge in [0.2, 0.25) is 5.91 Å². The molecule has 1 aliphatic carbocycles. The fraction of sp³-hybridized carbons (Fsp3) is 0.500. The molecule has 1 amide bonds. The molecule has 0 aromatic heterocycles. The number of carbonyl (C=O) groups is 1. The van der Waals surface area contributed by atoms with Crippen LogP contribution in [0.5, 0.6) is 0 Å². The van der Waals surface area contributed by atoms with Crippen molar-refractivity contribution < 1.29 is 18.4 Å². The number of halogens is 2. The third kappa shape index (κ3) is 2.29. The molecule has 2 N–H and O–H groups in total. The van der Waals surface area contributed by atoms with Crippen molar-refractivity contribution >= 4 is 5.91 Å². The second-order valence-electron chi connectivity index (χ2n) is 5.40. The normalized spacial score (nSPS) is 29.4. The van der Waals surface area contributed by atoms with Crippen LogP contribution in [0, 0.1) is 17.6 Å². The van der Waals surface area contributed by atoms with E-state index in [0.29, 0.717) is 31.4 Å².